The van der Waals surface area contributed by atoms with Crippen molar-refractivity contribution in [1.82, 2.24) is 0 Å². The van der Waals surface area contributed by atoms with Gasteiger partial charge in [0.2, 0.25) is 0 Å². The second-order valence-corrected chi connectivity index (χ2v) is 6.14. The summed E-state index contributed by atoms with van der Waals surface area (Å²) in [5.41, 5.74) is 0.545. The Hall–Kier alpha value is 0.350. The van der Waals surface area contributed by atoms with Crippen molar-refractivity contribution in [3.8, 4) is 0 Å². The van der Waals surface area contributed by atoms with Crippen molar-refractivity contribution < 1.29 is 0 Å². The molecule has 0 aromatic heterocycles. The lowest BCUT2D eigenvalue weighted by atomic mass is 9.89. The van der Waals surface area contributed by atoms with Gasteiger partial charge in [-0.25, -0.2) is 0 Å². The third-order valence-corrected chi connectivity index (χ3v) is 2.53. The Morgan fingerprint density at radius 2 is 1.00 bits per heavy atom. The Morgan fingerprint density at radius 1 is 0.684 bits per heavy atom. The van der Waals surface area contributed by atoms with Gasteiger partial charge in [0.05, 0.1) is 0 Å². The molecule has 0 aromatic carbocycles. The van der Waals surface area contributed by atoms with Gasteiger partial charge in [-0.3, -0.25) is 0 Å². The van der Waals surface area contributed by atoms with Crippen LogP contribution in [0.3, 0.4) is 0 Å². The van der Waals surface area contributed by atoms with Crippen LogP contribution >= 0.6 is 12.6 Å². The van der Waals surface area contributed by atoms with E-state index in [1.165, 1.54) is 57.8 Å². The highest BCUT2D eigenvalue weighted by atomic mass is 32.1. The molecule has 122 valence electrons. The van der Waals surface area contributed by atoms with Crippen LogP contribution in [0.25, 0.3) is 0 Å². The lowest BCUT2D eigenvalue weighted by Crippen LogP contribution is -2.03. The molecule has 0 spiro atoms. The van der Waals surface area contributed by atoms with Crippen molar-refractivity contribution >= 4 is 12.6 Å². The first-order chi connectivity index (χ1) is 8.47. The monoisotopic (exact) mass is 292 g/mol. The molecule has 0 aliphatic carbocycles. The first-order valence-electron chi connectivity index (χ1n) is 7.92. The molecule has 0 saturated heterocycles. The average molecular weight is 293 g/mol. The zero-order valence-electron chi connectivity index (χ0n) is 14.3. The molecule has 0 radical (unpaired) electrons. The molecule has 0 aliphatic heterocycles. The van der Waals surface area contributed by atoms with Gasteiger partial charge in [-0.1, -0.05) is 100 Å². The van der Waals surface area contributed by atoms with Gasteiger partial charge in [-0.15, -0.1) is 0 Å². The van der Waals surface area contributed by atoms with Gasteiger partial charge in [0.25, 0.3) is 0 Å². The van der Waals surface area contributed by atoms with Gasteiger partial charge >= 0.3 is 0 Å². The quantitative estimate of drug-likeness (QED) is 0.359. The van der Waals surface area contributed by atoms with E-state index in [2.05, 4.69) is 54.2 Å². The van der Waals surface area contributed by atoms with Gasteiger partial charge < -0.3 is 0 Å². The predicted octanol–water partition coefficient (Wildman–Crippen LogP) is 7.77. The third-order valence-electron chi connectivity index (χ3n) is 2.53. The molecule has 0 rings (SSSR count). The van der Waals surface area contributed by atoms with Crippen molar-refractivity contribution in [3.05, 3.63) is 0 Å². The average Bonchev–Trinajstić information content (AvgIpc) is 2.30. The van der Waals surface area contributed by atoms with Crippen LogP contribution in [0.1, 0.15) is 107 Å². The third kappa shape index (κ3) is 45.8. The van der Waals surface area contributed by atoms with Crippen LogP contribution in [-0.4, -0.2) is 6.26 Å². The second-order valence-electron chi connectivity index (χ2n) is 6.14. The Bertz CT molecular complexity index is 113. The number of hydrogen-bond donors (Lipinski definition) is 1. The Labute approximate surface area is 131 Å². The maximum absolute atomic E-state index is 3.53. The van der Waals surface area contributed by atoms with Crippen LogP contribution in [0.5, 0.6) is 0 Å². The molecule has 0 bridgehead atoms. The van der Waals surface area contributed by atoms with Crippen molar-refractivity contribution in [3.63, 3.8) is 0 Å². The standard InChI is InChI=1S/C13H28.C3H8.CH4S.CH4/c1-5-6-7-8-9-10-11-12-13(2,3)4;1-3-2;1-2;/h5-12H2,1-4H3;3H2,1-2H3;2H,1H3;1H4. The minimum atomic E-state index is 0. The van der Waals surface area contributed by atoms with Crippen molar-refractivity contribution in [2.75, 3.05) is 6.26 Å². The summed E-state index contributed by atoms with van der Waals surface area (Å²) in [5.74, 6) is 0. The lowest BCUT2D eigenvalue weighted by molar-refractivity contribution is 0.356. The van der Waals surface area contributed by atoms with E-state index >= 15 is 0 Å². The molecule has 0 unspecified atom stereocenters. The minimum absolute atomic E-state index is 0. The van der Waals surface area contributed by atoms with Crippen molar-refractivity contribution in [1.29, 1.82) is 0 Å². The molecule has 1 heteroatoms. The fourth-order valence-corrected chi connectivity index (χ4v) is 1.61. The summed E-state index contributed by atoms with van der Waals surface area (Å²) >= 11 is 3.53. The number of rotatable bonds is 7. The van der Waals surface area contributed by atoms with E-state index in [-0.39, 0.29) is 7.43 Å². The fourth-order valence-electron chi connectivity index (χ4n) is 1.61. The van der Waals surface area contributed by atoms with Crippen LogP contribution in [0.15, 0.2) is 0 Å². The molecule has 0 aliphatic rings. The van der Waals surface area contributed by atoms with Gasteiger partial charge in [-0.2, -0.15) is 12.6 Å². The van der Waals surface area contributed by atoms with E-state index < -0.39 is 0 Å². The van der Waals surface area contributed by atoms with Gasteiger partial charge in [0.1, 0.15) is 0 Å². The Kier molecular flexibility index (Phi) is 34.1. The van der Waals surface area contributed by atoms with E-state index in [9.17, 15) is 0 Å². The molecule has 0 N–H and O–H groups in total. The van der Waals surface area contributed by atoms with Crippen LogP contribution in [0, 0.1) is 5.41 Å². The number of hydrogen-bond acceptors (Lipinski definition) is 1. The summed E-state index contributed by atoms with van der Waals surface area (Å²) < 4.78 is 0. The molecule has 0 fully saturated rings. The summed E-state index contributed by atoms with van der Waals surface area (Å²) in [5, 5.41) is 0. The van der Waals surface area contributed by atoms with Crippen LogP contribution in [-0.2, 0) is 0 Å². The molecule has 0 atom stereocenters. The SMILES string of the molecule is C.CCC.CCCCCCCCCC(C)(C)C.CS. The Balaban J connectivity index is -0.000000164. The molecule has 0 nitrogen and oxygen atoms in total. The molecule has 0 heterocycles. The molecule has 19 heavy (non-hydrogen) atoms. The topological polar surface area (TPSA) is 0 Å². The smallest absolute Gasteiger partial charge is 0.0215 e. The number of thiol groups is 1. The zero-order chi connectivity index (χ0) is 14.9. The van der Waals surface area contributed by atoms with Crippen LogP contribution in [0.4, 0.5) is 0 Å². The minimum Gasteiger partial charge on any atom is -0.183 e. The maximum atomic E-state index is 3.53. The molecular weight excluding hydrogens is 248 g/mol. The first-order valence-corrected chi connectivity index (χ1v) is 8.82. The summed E-state index contributed by atoms with van der Waals surface area (Å²) in [7, 11) is 0. The van der Waals surface area contributed by atoms with E-state index in [0.29, 0.717) is 5.41 Å². The highest BCUT2D eigenvalue weighted by Crippen LogP contribution is 2.22. The zero-order valence-corrected chi connectivity index (χ0v) is 15.2. The van der Waals surface area contributed by atoms with E-state index in [1.807, 2.05) is 0 Å². The van der Waals surface area contributed by atoms with E-state index in [4.69, 9.17) is 0 Å². The normalized spacial score (nSPS) is 9.47. The van der Waals surface area contributed by atoms with Crippen molar-refractivity contribution in [2.45, 2.75) is 107 Å². The van der Waals surface area contributed by atoms with Gasteiger partial charge in [0, 0.05) is 0 Å². The van der Waals surface area contributed by atoms with E-state index in [1.54, 1.807) is 6.26 Å². The number of unbranched alkanes of at least 4 members (excludes halogenated alkanes) is 6. The second kappa shape index (κ2) is 23.4. The summed E-state index contributed by atoms with van der Waals surface area (Å²) in [6.45, 7) is 13.5. The summed E-state index contributed by atoms with van der Waals surface area (Å²) in [6, 6.07) is 0. The van der Waals surface area contributed by atoms with Crippen LogP contribution in [0.2, 0.25) is 0 Å². The molecule has 0 saturated carbocycles. The maximum Gasteiger partial charge on any atom is -0.0215 e. The fraction of sp³-hybridized carbons (Fsp3) is 1.00. The molecular formula is C18H44S. The van der Waals surface area contributed by atoms with Gasteiger partial charge in [-0.05, 0) is 18.1 Å². The van der Waals surface area contributed by atoms with E-state index in [0.717, 1.165) is 0 Å². The predicted molar refractivity (Wildman–Crippen MR) is 99.7 cm³/mol. The highest BCUT2D eigenvalue weighted by molar-refractivity contribution is 7.79. The molecule has 0 amide bonds. The largest absolute Gasteiger partial charge is 0.183 e. The highest BCUT2D eigenvalue weighted by Gasteiger charge is 2.08. The first kappa shape index (κ1) is 27.7. The molecule has 0 aromatic rings. The lowest BCUT2D eigenvalue weighted by Gasteiger charge is -2.17. The summed E-state index contributed by atoms with van der Waals surface area (Å²) in [4.78, 5) is 0. The van der Waals surface area contributed by atoms with Gasteiger partial charge in [0.15, 0.2) is 0 Å². The Morgan fingerprint density at radius 3 is 1.32 bits per heavy atom. The van der Waals surface area contributed by atoms with Crippen LogP contribution < -0.4 is 0 Å². The summed E-state index contributed by atoms with van der Waals surface area (Å²) in [6.07, 6.45) is 14.4. The van der Waals surface area contributed by atoms with Crippen molar-refractivity contribution in [2.24, 2.45) is 5.41 Å².